The van der Waals surface area contributed by atoms with Crippen LogP contribution >= 0.6 is 0 Å². The molecule has 1 aliphatic heterocycles. The van der Waals surface area contributed by atoms with Crippen LogP contribution in [-0.4, -0.2) is 30.0 Å². The quantitative estimate of drug-likeness (QED) is 0.904. The maximum absolute atomic E-state index is 12.1. The van der Waals surface area contributed by atoms with Gasteiger partial charge in [0.2, 0.25) is 0 Å². The molecule has 2 rings (SSSR count). The number of nitrogens with two attached hydrogens (primary N) is 1. The van der Waals surface area contributed by atoms with Crippen LogP contribution in [-0.2, 0) is 4.79 Å². The van der Waals surface area contributed by atoms with Gasteiger partial charge in [-0.2, -0.15) is 0 Å². The highest BCUT2D eigenvalue weighted by atomic mass is 16.5. The predicted octanol–water partition coefficient (Wildman–Crippen LogP) is 2.10. The van der Waals surface area contributed by atoms with E-state index in [1.54, 1.807) is 6.92 Å². The maximum Gasteiger partial charge on any atom is 0.263 e. The van der Waals surface area contributed by atoms with Crippen molar-refractivity contribution in [2.24, 2.45) is 5.73 Å². The third-order valence-electron chi connectivity index (χ3n) is 3.46. The van der Waals surface area contributed by atoms with Gasteiger partial charge in [0.1, 0.15) is 5.75 Å². The van der Waals surface area contributed by atoms with Crippen molar-refractivity contribution in [2.45, 2.75) is 38.8 Å². The van der Waals surface area contributed by atoms with Crippen LogP contribution in [0.1, 0.15) is 38.3 Å². The Morgan fingerprint density at radius 3 is 2.63 bits per heavy atom. The summed E-state index contributed by atoms with van der Waals surface area (Å²) in [6.07, 6.45) is 1.75. The number of carbonyl (C=O) groups excluding carboxylic acids is 1. The van der Waals surface area contributed by atoms with Crippen LogP contribution in [0.4, 0.5) is 0 Å². The molecule has 0 radical (unpaired) electrons. The normalized spacial score (nSPS) is 18.2. The van der Waals surface area contributed by atoms with Gasteiger partial charge >= 0.3 is 0 Å². The lowest BCUT2D eigenvalue weighted by molar-refractivity contribution is -0.136. The zero-order chi connectivity index (χ0) is 13.8. The summed E-state index contributed by atoms with van der Waals surface area (Å²) in [5, 5.41) is 0. The Morgan fingerprint density at radius 1 is 1.32 bits per heavy atom. The summed E-state index contributed by atoms with van der Waals surface area (Å²) in [7, 11) is 0. The van der Waals surface area contributed by atoms with Crippen LogP contribution in [0.3, 0.4) is 0 Å². The molecule has 0 bridgehead atoms. The van der Waals surface area contributed by atoms with Gasteiger partial charge in [0.05, 0.1) is 0 Å². The van der Waals surface area contributed by atoms with Crippen molar-refractivity contribution in [3.05, 3.63) is 29.8 Å². The van der Waals surface area contributed by atoms with Crippen molar-refractivity contribution < 1.29 is 9.53 Å². The zero-order valence-electron chi connectivity index (χ0n) is 11.6. The average Bonchev–Trinajstić information content (AvgIpc) is 2.92. The van der Waals surface area contributed by atoms with Crippen molar-refractivity contribution in [2.75, 3.05) is 13.1 Å². The van der Waals surface area contributed by atoms with E-state index in [1.165, 1.54) is 0 Å². The Kier molecular flexibility index (Phi) is 4.43. The first-order valence-electron chi connectivity index (χ1n) is 6.89. The number of likely N-dealkylation sites (tertiary alicyclic amines) is 1. The molecule has 0 saturated carbocycles. The lowest BCUT2D eigenvalue weighted by Gasteiger charge is -2.21. The molecule has 2 N–H and O–H groups in total. The molecule has 4 heteroatoms. The third-order valence-corrected chi connectivity index (χ3v) is 3.46. The fourth-order valence-electron chi connectivity index (χ4n) is 2.32. The molecule has 4 nitrogen and oxygen atoms in total. The van der Waals surface area contributed by atoms with Gasteiger partial charge in [-0.3, -0.25) is 4.79 Å². The summed E-state index contributed by atoms with van der Waals surface area (Å²) in [6.45, 7) is 5.44. The van der Waals surface area contributed by atoms with E-state index >= 15 is 0 Å². The largest absolute Gasteiger partial charge is 0.481 e. The molecule has 104 valence electrons. The van der Waals surface area contributed by atoms with E-state index in [4.69, 9.17) is 10.5 Å². The van der Waals surface area contributed by atoms with Gasteiger partial charge in [-0.25, -0.2) is 0 Å². The summed E-state index contributed by atoms with van der Waals surface area (Å²) in [6, 6.07) is 7.59. The van der Waals surface area contributed by atoms with Crippen LogP contribution in [0.25, 0.3) is 0 Å². The Bertz CT molecular complexity index is 440. The van der Waals surface area contributed by atoms with Crippen LogP contribution < -0.4 is 10.5 Å². The van der Waals surface area contributed by atoms with Crippen LogP contribution in [0.5, 0.6) is 5.75 Å². The SMILES string of the molecule is CC(Oc1cccc([C@@H](C)N)c1)C(=O)N1CCCC1. The summed E-state index contributed by atoms with van der Waals surface area (Å²) in [5.41, 5.74) is 6.85. The number of benzene rings is 1. The Hall–Kier alpha value is -1.55. The van der Waals surface area contributed by atoms with E-state index in [0.29, 0.717) is 5.75 Å². The Labute approximate surface area is 114 Å². The van der Waals surface area contributed by atoms with Gasteiger partial charge in [-0.1, -0.05) is 12.1 Å². The molecule has 1 amide bonds. The standard InChI is InChI=1S/C15H22N2O2/c1-11(16)13-6-5-7-14(10-13)19-12(2)15(18)17-8-3-4-9-17/h5-7,10-12H,3-4,8-9,16H2,1-2H3/t11-,12?/m1/s1. The first-order valence-corrected chi connectivity index (χ1v) is 6.89. The molecule has 1 fully saturated rings. The number of nitrogens with zero attached hydrogens (tertiary/aromatic N) is 1. The highest BCUT2D eigenvalue weighted by Gasteiger charge is 2.24. The molecule has 1 aromatic rings. The minimum Gasteiger partial charge on any atom is -0.481 e. The summed E-state index contributed by atoms with van der Waals surface area (Å²) >= 11 is 0. The minimum atomic E-state index is -0.443. The van der Waals surface area contributed by atoms with Crippen molar-refractivity contribution in [3.8, 4) is 5.75 Å². The molecule has 1 saturated heterocycles. The van der Waals surface area contributed by atoms with E-state index in [1.807, 2.05) is 36.1 Å². The minimum absolute atomic E-state index is 0.0341. The number of rotatable bonds is 4. The van der Waals surface area contributed by atoms with Gasteiger partial charge in [-0.05, 0) is 44.4 Å². The van der Waals surface area contributed by atoms with Gasteiger partial charge in [-0.15, -0.1) is 0 Å². The number of hydrogen-bond donors (Lipinski definition) is 1. The molecule has 2 atom stereocenters. The van der Waals surface area contributed by atoms with Crippen LogP contribution in [0.2, 0.25) is 0 Å². The molecule has 1 heterocycles. The number of ether oxygens (including phenoxy) is 1. The molecular weight excluding hydrogens is 240 g/mol. The van der Waals surface area contributed by atoms with Crippen molar-refractivity contribution in [3.63, 3.8) is 0 Å². The monoisotopic (exact) mass is 262 g/mol. The third kappa shape index (κ3) is 3.47. The first-order chi connectivity index (χ1) is 9.08. The summed E-state index contributed by atoms with van der Waals surface area (Å²) < 4.78 is 5.73. The predicted molar refractivity (Wildman–Crippen MR) is 74.9 cm³/mol. The van der Waals surface area contributed by atoms with Crippen LogP contribution in [0, 0.1) is 0 Å². The van der Waals surface area contributed by atoms with E-state index < -0.39 is 6.10 Å². The smallest absolute Gasteiger partial charge is 0.263 e. The number of hydrogen-bond acceptors (Lipinski definition) is 3. The molecular formula is C15H22N2O2. The second kappa shape index (κ2) is 6.06. The fourth-order valence-corrected chi connectivity index (χ4v) is 2.32. The van der Waals surface area contributed by atoms with Crippen molar-refractivity contribution >= 4 is 5.91 Å². The summed E-state index contributed by atoms with van der Waals surface area (Å²) in [4.78, 5) is 14.0. The maximum atomic E-state index is 12.1. The highest BCUT2D eigenvalue weighted by molar-refractivity contribution is 5.81. The molecule has 1 aromatic carbocycles. The van der Waals surface area contributed by atoms with Gasteiger partial charge in [0, 0.05) is 19.1 Å². The molecule has 1 aliphatic rings. The fraction of sp³-hybridized carbons (Fsp3) is 0.533. The Morgan fingerprint density at radius 2 is 2.00 bits per heavy atom. The topological polar surface area (TPSA) is 55.6 Å². The zero-order valence-corrected chi connectivity index (χ0v) is 11.6. The highest BCUT2D eigenvalue weighted by Crippen LogP contribution is 2.19. The van der Waals surface area contributed by atoms with Gasteiger partial charge in [0.15, 0.2) is 6.10 Å². The second-order valence-corrected chi connectivity index (χ2v) is 5.15. The van der Waals surface area contributed by atoms with Crippen molar-refractivity contribution in [1.29, 1.82) is 0 Å². The average molecular weight is 262 g/mol. The van der Waals surface area contributed by atoms with E-state index in [0.717, 1.165) is 31.5 Å². The molecule has 0 spiro atoms. The van der Waals surface area contributed by atoms with Gasteiger partial charge in [0.25, 0.3) is 5.91 Å². The Balaban J connectivity index is 1.99. The summed E-state index contributed by atoms with van der Waals surface area (Å²) in [5.74, 6) is 0.776. The molecule has 0 aromatic heterocycles. The van der Waals surface area contributed by atoms with Crippen molar-refractivity contribution in [1.82, 2.24) is 4.90 Å². The lowest BCUT2D eigenvalue weighted by Crippen LogP contribution is -2.38. The molecule has 1 unspecified atom stereocenters. The van der Waals surface area contributed by atoms with Crippen LogP contribution in [0.15, 0.2) is 24.3 Å². The van der Waals surface area contributed by atoms with E-state index in [2.05, 4.69) is 0 Å². The van der Waals surface area contributed by atoms with E-state index in [-0.39, 0.29) is 11.9 Å². The second-order valence-electron chi connectivity index (χ2n) is 5.15. The number of amides is 1. The van der Waals surface area contributed by atoms with E-state index in [9.17, 15) is 4.79 Å². The molecule has 19 heavy (non-hydrogen) atoms. The first kappa shape index (κ1) is 13.9. The molecule has 0 aliphatic carbocycles. The lowest BCUT2D eigenvalue weighted by atomic mass is 10.1. The van der Waals surface area contributed by atoms with Gasteiger partial charge < -0.3 is 15.4 Å². The number of carbonyl (C=O) groups is 1.